The van der Waals surface area contributed by atoms with Gasteiger partial charge in [-0.25, -0.2) is 37.7 Å². The molecule has 0 saturated carbocycles. The summed E-state index contributed by atoms with van der Waals surface area (Å²) < 4.78 is 31.7. The fourth-order valence-corrected chi connectivity index (χ4v) is 17.1. The number of anilines is 6. The lowest BCUT2D eigenvalue weighted by molar-refractivity contribution is -0.138. The Bertz CT molecular complexity index is 5650. The van der Waals surface area contributed by atoms with Gasteiger partial charge in [0.1, 0.15) is 58.4 Å². The van der Waals surface area contributed by atoms with Crippen LogP contribution in [0.5, 0.6) is 0 Å². The van der Waals surface area contributed by atoms with Gasteiger partial charge in [0.05, 0.1) is 58.1 Å². The third-order valence-corrected chi connectivity index (χ3v) is 23.3. The third kappa shape index (κ3) is 18.0. The molecule has 18 rings (SSSR count). The summed E-state index contributed by atoms with van der Waals surface area (Å²) >= 11 is 0. The van der Waals surface area contributed by atoms with E-state index in [0.29, 0.717) is 69.1 Å². The number of unbranched alkanes of at least 4 members (excludes halogenated alkanes) is 4. The Hall–Kier alpha value is -13.5. The van der Waals surface area contributed by atoms with E-state index in [1.165, 1.54) is 12.1 Å². The number of nitrogens with one attached hydrogen (secondary N) is 5. The minimum Gasteiger partial charge on any atom is -0.481 e. The van der Waals surface area contributed by atoms with Crippen molar-refractivity contribution in [2.45, 2.75) is 127 Å². The second kappa shape index (κ2) is 36.4. The number of carboxylic acids is 1. The number of pyridine rings is 2. The number of hydrogen-bond donors (Lipinski definition) is 6. The second-order valence-corrected chi connectivity index (χ2v) is 31.2. The number of rotatable bonds is 24. The number of aromatic nitrogens is 8. The Labute approximate surface area is 694 Å². The van der Waals surface area contributed by atoms with Crippen molar-refractivity contribution in [2.24, 2.45) is 0 Å². The molecule has 0 radical (unpaired) electrons. The van der Waals surface area contributed by atoms with E-state index >= 15 is 0 Å². The Morgan fingerprint density at radius 1 is 0.446 bits per heavy atom. The first-order valence-electron chi connectivity index (χ1n) is 41.4. The van der Waals surface area contributed by atoms with Crippen LogP contribution >= 0.6 is 0 Å². The predicted octanol–water partition coefficient (Wildman–Crippen LogP) is 9.82. The molecule has 0 spiro atoms. The molecule has 0 bridgehead atoms. The number of halogens is 2. The number of nitrogens with zero attached hydrogens (tertiary/aromatic N) is 15. The van der Waals surface area contributed by atoms with Crippen molar-refractivity contribution in [1.82, 2.24) is 69.8 Å². The monoisotopic (exact) mass is 1640 g/mol. The van der Waals surface area contributed by atoms with Gasteiger partial charge in [-0.2, -0.15) is 0 Å². The van der Waals surface area contributed by atoms with E-state index in [0.717, 1.165) is 170 Å². The van der Waals surface area contributed by atoms with Crippen LogP contribution in [-0.4, -0.2) is 209 Å². The zero-order valence-electron chi connectivity index (χ0n) is 66.6. The van der Waals surface area contributed by atoms with Gasteiger partial charge in [0, 0.05) is 116 Å². The molecule has 8 aliphatic heterocycles. The first-order valence-corrected chi connectivity index (χ1v) is 41.4. The SMILES string of the molecule is Fc1cccc([C@H]2CCCN2c2ccc3ncc(-c4cccc(N5CCNCC5)n4)n3n2)c1.O=C(O)CCCCCNc1ccc2c(c1)C(=O)N(C1CCC(=O)NC1=O)C2=O.O=C1CCC(N2C(=O)c3ccc(NCCCCCC(=O)N4CCN(c5cccc(-c6cnc7ccc(N8CCC[C@@H]8c8cccc(F)c8)nn67)n5)CC4)cc3C2=O)C(=O)N1. The summed E-state index contributed by atoms with van der Waals surface area (Å²) in [5.41, 5.74) is 8.97. The Kier molecular flexibility index (Phi) is 24.5. The molecule has 4 aromatic carbocycles. The lowest BCUT2D eigenvalue weighted by atomic mass is 10.0. The quantitative estimate of drug-likeness (QED) is 0.0242. The highest BCUT2D eigenvalue weighted by Crippen LogP contribution is 2.39. The van der Waals surface area contributed by atoms with E-state index in [1.807, 2.05) is 86.9 Å². The van der Waals surface area contributed by atoms with Crippen molar-refractivity contribution < 1.29 is 61.8 Å². The van der Waals surface area contributed by atoms with Gasteiger partial charge in [-0.1, -0.05) is 49.2 Å². The molecule has 4 atom stereocenters. The molecule has 6 saturated heterocycles. The van der Waals surface area contributed by atoms with Crippen LogP contribution in [0.15, 0.2) is 158 Å². The van der Waals surface area contributed by atoms with Crippen LogP contribution in [0.3, 0.4) is 0 Å². The number of piperazine rings is 2. The highest BCUT2D eigenvalue weighted by molar-refractivity contribution is 6.25. The normalized spacial score (nSPS) is 19.1. The molecule has 624 valence electrons. The number of hydrogen-bond acceptors (Lipinski definition) is 23. The van der Waals surface area contributed by atoms with Gasteiger partial charge in [-0.3, -0.25) is 68.4 Å². The van der Waals surface area contributed by atoms with E-state index < -0.39 is 65.3 Å². The topological polar surface area (TPSA) is 360 Å². The molecule has 6 N–H and O–H groups in total. The Balaban J connectivity index is 0.000000150. The van der Waals surface area contributed by atoms with E-state index in [-0.39, 0.29) is 84.0 Å². The van der Waals surface area contributed by atoms with Gasteiger partial charge < -0.3 is 45.6 Å². The number of carbonyl (C=O) groups is 10. The number of aliphatic carboxylic acids is 1. The predicted molar refractivity (Wildman–Crippen MR) is 446 cm³/mol. The smallest absolute Gasteiger partial charge is 0.303 e. The molecule has 0 aliphatic carbocycles. The maximum absolute atomic E-state index is 14.1. The molecule has 10 aromatic rings. The van der Waals surface area contributed by atoms with Crippen molar-refractivity contribution in [2.75, 3.05) is 109 Å². The van der Waals surface area contributed by atoms with Crippen LogP contribution in [0.1, 0.15) is 167 Å². The van der Waals surface area contributed by atoms with Gasteiger partial charge >= 0.3 is 5.97 Å². The standard InChI is InChI=1S/C44H45FN10O5.C25H26FN7.C19H21N3O6/c45-29-8-4-7-28(25-29)34-10-6-20-53(34)39-17-16-37-47-27-36(55(37)50-39)33-9-5-11-38(48-33)51-21-23-52(24-22-51)41(57)12-2-1-3-19-46-30-13-14-31-32(26-30)44(60)54(43(31)59)35-15-18-40(56)49-42(35)58;26-19-5-1-4-18(16-19)21-7-3-13-32(21)25-10-9-23-28-17-22(33(23)30-25)20-6-2-8-24(29-20)31-14-11-27-12-15-31;23-15-8-7-14(17(26)21-15)22-18(27)12-6-5-11(10-13(12)19(22)28)20-9-3-1-2-4-16(24)25/h4-5,7-9,11,13-14,16-17,25-27,34-35,46H,1-3,6,10,12,15,18-24H2,(H,49,56,58);1-2,4-6,8-10,16-17,21,27H,3,7,11-15H2;5-6,10,14,20H,1-4,7-9H2,(H,24,25)(H,21,23,26)/t34-,35?;21-;/m11./s1. The van der Waals surface area contributed by atoms with Crippen molar-refractivity contribution in [3.8, 4) is 22.8 Å². The second-order valence-electron chi connectivity index (χ2n) is 31.2. The number of fused-ring (bicyclic) bond motifs is 4. The summed E-state index contributed by atoms with van der Waals surface area (Å²) in [6.07, 6.45) is 13.1. The minimum absolute atomic E-state index is 0.0457. The number of carboxylic acid groups (broad SMARTS) is 1. The maximum atomic E-state index is 14.1. The first-order chi connectivity index (χ1) is 58.9. The summed E-state index contributed by atoms with van der Waals surface area (Å²) in [6, 6.07) is 41.6. The van der Waals surface area contributed by atoms with Crippen molar-refractivity contribution >= 4 is 105 Å². The molecule has 2 unspecified atom stereocenters. The Morgan fingerprint density at radius 3 is 1.36 bits per heavy atom. The lowest BCUT2D eigenvalue weighted by Gasteiger charge is -2.35. The zero-order chi connectivity index (χ0) is 83.8. The zero-order valence-corrected chi connectivity index (χ0v) is 66.6. The average molecular weight is 1640 g/mol. The number of benzene rings is 4. The van der Waals surface area contributed by atoms with Crippen LogP contribution in [0.25, 0.3) is 34.1 Å². The fourth-order valence-electron chi connectivity index (χ4n) is 17.1. The highest BCUT2D eigenvalue weighted by Gasteiger charge is 2.47. The number of amides is 9. The molecule has 8 aliphatic rings. The number of imidazole rings is 2. The van der Waals surface area contributed by atoms with Crippen LogP contribution < -0.4 is 46.2 Å². The van der Waals surface area contributed by atoms with Crippen molar-refractivity contribution in [1.29, 1.82) is 0 Å². The van der Waals surface area contributed by atoms with Crippen LogP contribution in [0.4, 0.5) is 43.4 Å². The third-order valence-electron chi connectivity index (χ3n) is 23.3. The van der Waals surface area contributed by atoms with Crippen LogP contribution in [0, 0.1) is 11.6 Å². The van der Waals surface area contributed by atoms with Gasteiger partial charge in [-0.05, 0) is 185 Å². The van der Waals surface area contributed by atoms with Gasteiger partial charge in [0.2, 0.25) is 29.5 Å². The fraction of sp³-hybridized carbons (Fsp3) is 0.364. The molecular formula is C88H92F2N20O11. The summed E-state index contributed by atoms with van der Waals surface area (Å²) in [7, 11) is 0. The number of carbonyl (C=O) groups excluding carboxylic acids is 9. The summed E-state index contributed by atoms with van der Waals surface area (Å²) in [4.78, 5) is 154. The van der Waals surface area contributed by atoms with Gasteiger partial charge in [0.25, 0.3) is 23.6 Å². The largest absolute Gasteiger partial charge is 0.481 e. The van der Waals surface area contributed by atoms with Crippen molar-refractivity contribution in [3.63, 3.8) is 0 Å². The highest BCUT2D eigenvalue weighted by atomic mass is 19.1. The average Bonchev–Trinajstić information content (AvgIpc) is 1.61. The number of imide groups is 4. The molecule has 121 heavy (non-hydrogen) atoms. The van der Waals surface area contributed by atoms with E-state index in [1.54, 1.807) is 66.9 Å². The summed E-state index contributed by atoms with van der Waals surface area (Å²) in [5, 5.41) is 32.8. The molecular weight excluding hydrogens is 1550 g/mol. The molecule has 31 nitrogen and oxygen atoms in total. The molecule has 14 heterocycles. The van der Waals surface area contributed by atoms with E-state index in [9.17, 15) is 56.7 Å². The molecule has 9 amide bonds. The number of piperidine rings is 2. The van der Waals surface area contributed by atoms with Gasteiger partial charge in [0.15, 0.2) is 11.3 Å². The van der Waals surface area contributed by atoms with Crippen molar-refractivity contribution in [3.05, 3.63) is 203 Å². The summed E-state index contributed by atoms with van der Waals surface area (Å²) in [6.45, 7) is 9.32. The summed E-state index contributed by atoms with van der Waals surface area (Å²) in [5.74, 6) is -1.87. The van der Waals surface area contributed by atoms with Crippen LogP contribution in [-0.2, 0) is 28.8 Å². The Morgan fingerprint density at radius 2 is 0.901 bits per heavy atom. The minimum atomic E-state index is -0.999. The van der Waals surface area contributed by atoms with E-state index in [4.69, 9.17) is 25.3 Å². The molecule has 6 fully saturated rings. The molecule has 33 heteroatoms. The first kappa shape index (κ1) is 81.3. The molecule has 6 aromatic heterocycles. The van der Waals surface area contributed by atoms with E-state index in [2.05, 4.69) is 62.2 Å². The lowest BCUT2D eigenvalue weighted by Crippen LogP contribution is -2.54. The van der Waals surface area contributed by atoms with Crippen LogP contribution in [0.2, 0.25) is 0 Å². The maximum Gasteiger partial charge on any atom is 0.303 e. The van der Waals surface area contributed by atoms with Gasteiger partial charge in [-0.15, -0.1) is 10.2 Å².